The highest BCUT2D eigenvalue weighted by atomic mass is 32.1. The number of thiophene rings is 1. The lowest BCUT2D eigenvalue weighted by Crippen LogP contribution is -2.67. The molecule has 7 heteroatoms. The summed E-state index contributed by atoms with van der Waals surface area (Å²) in [6, 6.07) is 22.4. The molecular formula is C44H53NO5S. The van der Waals surface area contributed by atoms with E-state index in [-0.39, 0.29) is 35.1 Å². The molecule has 6 aliphatic rings. The second-order valence-electron chi connectivity index (χ2n) is 17.0. The van der Waals surface area contributed by atoms with E-state index >= 15 is 4.79 Å². The topological polar surface area (TPSA) is 101 Å². The first-order chi connectivity index (χ1) is 24.5. The molecule has 6 aliphatic carbocycles. The van der Waals surface area contributed by atoms with Crippen molar-refractivity contribution in [3.05, 3.63) is 106 Å². The van der Waals surface area contributed by atoms with Gasteiger partial charge in [-0.1, -0.05) is 92.7 Å². The molecule has 3 aromatic rings. The van der Waals surface area contributed by atoms with Crippen LogP contribution in [0.1, 0.15) is 74.0 Å². The van der Waals surface area contributed by atoms with Crippen molar-refractivity contribution in [3.8, 4) is 11.1 Å². The van der Waals surface area contributed by atoms with E-state index in [0.717, 1.165) is 55.2 Å². The van der Waals surface area contributed by atoms with Crippen LogP contribution in [0.15, 0.2) is 95.9 Å². The van der Waals surface area contributed by atoms with Crippen LogP contribution < -0.4 is 0 Å². The molecule has 0 amide bonds. The lowest BCUT2D eigenvalue weighted by atomic mass is 9.32. The zero-order chi connectivity index (χ0) is 35.6. The molecule has 0 radical (unpaired) electrons. The Hall–Kier alpha value is -2.91. The Kier molecular flexibility index (Phi) is 8.88. The third-order valence-electron chi connectivity index (χ3n) is 14.6. The van der Waals surface area contributed by atoms with Gasteiger partial charge in [0.05, 0.1) is 24.4 Å². The Morgan fingerprint density at radius 3 is 2.33 bits per heavy atom. The fraction of sp³-hybridized carbons (Fsp3) is 0.523. The van der Waals surface area contributed by atoms with Gasteiger partial charge in [0.15, 0.2) is 5.78 Å². The second kappa shape index (κ2) is 12.9. The van der Waals surface area contributed by atoms with Crippen LogP contribution >= 0.6 is 11.3 Å². The Bertz CT molecular complexity index is 1810. The third-order valence-corrected chi connectivity index (χ3v) is 15.6. The number of fused-ring (bicyclic) bond motifs is 1. The molecule has 2 aromatic carbocycles. The van der Waals surface area contributed by atoms with Gasteiger partial charge in [-0.25, -0.2) is 0 Å². The van der Waals surface area contributed by atoms with Gasteiger partial charge in [-0.05, 0) is 91.2 Å². The van der Waals surface area contributed by atoms with Crippen molar-refractivity contribution in [2.45, 2.75) is 83.0 Å². The average molecular weight is 708 g/mol. The van der Waals surface area contributed by atoms with Gasteiger partial charge in [0.1, 0.15) is 0 Å². The first-order valence-electron chi connectivity index (χ1n) is 19.0. The van der Waals surface area contributed by atoms with Crippen LogP contribution in [-0.2, 0) is 6.42 Å². The molecule has 4 N–H and O–H groups in total. The molecule has 2 spiro atoms. The van der Waals surface area contributed by atoms with Gasteiger partial charge in [-0.3, -0.25) is 9.69 Å². The second-order valence-corrected chi connectivity index (χ2v) is 18.0. The summed E-state index contributed by atoms with van der Waals surface area (Å²) >= 11 is 1.71. The minimum Gasteiger partial charge on any atom is -0.394 e. The van der Waals surface area contributed by atoms with Crippen molar-refractivity contribution in [2.75, 3.05) is 26.2 Å². The van der Waals surface area contributed by atoms with Crippen molar-refractivity contribution in [2.24, 2.45) is 33.5 Å². The summed E-state index contributed by atoms with van der Waals surface area (Å²) in [5, 5.41) is 46.4. The highest BCUT2D eigenvalue weighted by Crippen LogP contribution is 2.78. The number of benzene rings is 2. The van der Waals surface area contributed by atoms with Crippen LogP contribution in [0.3, 0.4) is 0 Å². The van der Waals surface area contributed by atoms with Crippen LogP contribution in [0.25, 0.3) is 11.1 Å². The predicted molar refractivity (Wildman–Crippen MR) is 202 cm³/mol. The number of carbonyl (C=O) groups is 1. The standard InChI is InChI=1S/C44H53NO5S/c1-40-18-14-33(47)25-42(40)21-22-44(36(26-42)39(49)32-12-10-31(11-13-32)30-7-4-3-5-8-30)37(40)15-19-41(2)38(44)16-20-43(41,50)29-45(27-34(48)28-46)23-17-35-9-6-24-51-35/h3-13,21-22,24,26,33-34,37-38,46-48,50H,14-20,23,25,27-29H2,1-2H3/t33?,34-,37+,38+,40+,41-,42-,43+,44+/m0/s1. The molecule has 9 atom stereocenters. The maximum Gasteiger partial charge on any atom is 0.189 e. The Balaban J connectivity index is 1.17. The number of nitrogens with zero attached hydrogens (tertiary/aromatic N) is 1. The Morgan fingerprint density at radius 2 is 1.61 bits per heavy atom. The molecule has 9 rings (SSSR count). The smallest absolute Gasteiger partial charge is 0.189 e. The van der Waals surface area contributed by atoms with E-state index in [4.69, 9.17) is 0 Å². The molecule has 51 heavy (non-hydrogen) atoms. The number of hydrogen-bond acceptors (Lipinski definition) is 7. The van der Waals surface area contributed by atoms with Gasteiger partial charge in [0.2, 0.25) is 0 Å². The molecule has 0 aliphatic heterocycles. The van der Waals surface area contributed by atoms with E-state index in [2.05, 4.69) is 66.6 Å². The van der Waals surface area contributed by atoms with Gasteiger partial charge in [-0.2, -0.15) is 0 Å². The number of ketones is 1. The maximum atomic E-state index is 15.0. The van der Waals surface area contributed by atoms with E-state index in [9.17, 15) is 20.4 Å². The van der Waals surface area contributed by atoms with Gasteiger partial charge < -0.3 is 20.4 Å². The molecule has 2 bridgehead atoms. The average Bonchev–Trinajstić information content (AvgIpc) is 3.76. The predicted octanol–water partition coefficient (Wildman–Crippen LogP) is 7.09. The maximum absolute atomic E-state index is 15.0. The van der Waals surface area contributed by atoms with Gasteiger partial charge >= 0.3 is 0 Å². The number of Topliss-reactive ketones (excluding diaryl/α,β-unsaturated/α-hetero) is 1. The van der Waals surface area contributed by atoms with Crippen molar-refractivity contribution in [1.82, 2.24) is 4.90 Å². The Morgan fingerprint density at radius 1 is 0.902 bits per heavy atom. The molecular weight excluding hydrogens is 655 g/mol. The van der Waals surface area contributed by atoms with Crippen molar-refractivity contribution in [3.63, 3.8) is 0 Å². The number of aliphatic hydroxyl groups is 4. The molecule has 270 valence electrons. The summed E-state index contributed by atoms with van der Waals surface area (Å²) in [4.78, 5) is 18.5. The van der Waals surface area contributed by atoms with Gasteiger partial charge in [0.25, 0.3) is 0 Å². The van der Waals surface area contributed by atoms with Crippen LogP contribution in [-0.4, -0.2) is 75.2 Å². The van der Waals surface area contributed by atoms with Gasteiger partial charge in [0, 0.05) is 51.9 Å². The van der Waals surface area contributed by atoms with Crippen LogP contribution in [0.5, 0.6) is 0 Å². The van der Waals surface area contributed by atoms with E-state index in [1.54, 1.807) is 11.3 Å². The van der Waals surface area contributed by atoms with Crippen molar-refractivity contribution in [1.29, 1.82) is 0 Å². The van der Waals surface area contributed by atoms with Crippen LogP contribution in [0.2, 0.25) is 0 Å². The molecule has 0 saturated heterocycles. The Labute approximate surface area is 306 Å². The molecule has 3 fully saturated rings. The summed E-state index contributed by atoms with van der Waals surface area (Å²) in [7, 11) is 0. The van der Waals surface area contributed by atoms with Crippen molar-refractivity contribution >= 4 is 17.1 Å². The van der Waals surface area contributed by atoms with E-state index in [0.29, 0.717) is 38.0 Å². The minimum absolute atomic E-state index is 0.0488. The minimum atomic E-state index is -1.03. The first-order valence-corrected chi connectivity index (χ1v) is 19.9. The number of hydrogen-bond donors (Lipinski definition) is 4. The van der Waals surface area contributed by atoms with Crippen LogP contribution in [0, 0.1) is 33.5 Å². The largest absolute Gasteiger partial charge is 0.394 e. The van der Waals surface area contributed by atoms with E-state index in [1.165, 1.54) is 4.88 Å². The summed E-state index contributed by atoms with van der Waals surface area (Å²) < 4.78 is 0. The highest BCUT2D eigenvalue weighted by Gasteiger charge is 2.74. The number of rotatable bonds is 11. The first kappa shape index (κ1) is 35.1. The monoisotopic (exact) mass is 707 g/mol. The highest BCUT2D eigenvalue weighted by molar-refractivity contribution is 7.09. The third kappa shape index (κ3) is 5.41. The number of aliphatic hydroxyl groups excluding tert-OH is 3. The normalized spacial score (nSPS) is 37.1. The number of carbonyl (C=O) groups excluding carboxylic acids is 1. The van der Waals surface area contributed by atoms with Crippen molar-refractivity contribution < 1.29 is 25.2 Å². The summed E-state index contributed by atoms with van der Waals surface area (Å²) in [5.74, 6) is 0.336. The zero-order valence-electron chi connectivity index (χ0n) is 30.0. The molecule has 6 nitrogen and oxygen atoms in total. The fourth-order valence-electron chi connectivity index (χ4n) is 11.9. The van der Waals surface area contributed by atoms with Crippen LogP contribution in [0.4, 0.5) is 0 Å². The van der Waals surface area contributed by atoms with Gasteiger partial charge in [-0.15, -0.1) is 11.3 Å². The zero-order valence-corrected chi connectivity index (χ0v) is 30.8. The van der Waals surface area contributed by atoms with E-state index in [1.807, 2.05) is 42.5 Å². The van der Waals surface area contributed by atoms with E-state index < -0.39 is 28.6 Å². The lowest BCUT2D eigenvalue weighted by molar-refractivity contribution is -0.177. The summed E-state index contributed by atoms with van der Waals surface area (Å²) in [6.07, 6.45) is 12.1. The summed E-state index contributed by atoms with van der Waals surface area (Å²) in [6.45, 7) is 5.75. The molecule has 1 heterocycles. The molecule has 3 saturated carbocycles. The molecule has 1 aromatic heterocycles. The lowest BCUT2D eigenvalue weighted by Gasteiger charge is -2.71. The summed E-state index contributed by atoms with van der Waals surface area (Å²) in [5.41, 5.74) is 1.22. The fourth-order valence-corrected chi connectivity index (χ4v) is 12.6. The number of allylic oxidation sites excluding steroid dienone is 4. The molecule has 1 unspecified atom stereocenters. The SMILES string of the molecule is C[C@]12CC[C@H]3[C@]4(C=C[C@@]5(C=C4C(=O)c4ccc(-c6ccccc6)cc4)CC(O)CC[C@]35C)[C@@H]1CC[C@@]2(O)CN(CCc1cccs1)C[C@H](O)CO. The quantitative estimate of drug-likeness (QED) is 0.126.